The van der Waals surface area contributed by atoms with Crippen LogP contribution in [-0.2, 0) is 0 Å². The van der Waals surface area contributed by atoms with Gasteiger partial charge in [-0.25, -0.2) is 0 Å². The molecule has 1 heteroatoms. The first-order valence-electron chi connectivity index (χ1n) is 4.35. The molecule has 0 spiro atoms. The fourth-order valence-corrected chi connectivity index (χ4v) is 1.12. The van der Waals surface area contributed by atoms with Gasteiger partial charge in [0.25, 0.3) is 0 Å². The van der Waals surface area contributed by atoms with Crippen molar-refractivity contribution < 1.29 is 0 Å². The van der Waals surface area contributed by atoms with Crippen LogP contribution in [0.5, 0.6) is 0 Å². The molecule has 13 heavy (non-hydrogen) atoms. The first kappa shape index (κ1) is 9.72. The van der Waals surface area contributed by atoms with Gasteiger partial charge in [-0.2, -0.15) is 0 Å². The summed E-state index contributed by atoms with van der Waals surface area (Å²) in [6.45, 7) is 5.86. The van der Waals surface area contributed by atoms with Gasteiger partial charge in [-0.15, -0.1) is 0 Å². The molecule has 0 aliphatic rings. The Morgan fingerprint density at radius 2 is 2.00 bits per heavy atom. The van der Waals surface area contributed by atoms with E-state index >= 15 is 0 Å². The van der Waals surface area contributed by atoms with Crippen molar-refractivity contribution >= 4 is 6.08 Å². The van der Waals surface area contributed by atoms with Crippen LogP contribution in [0.25, 0.3) is 6.08 Å². The second-order valence-corrected chi connectivity index (χ2v) is 3.44. The van der Waals surface area contributed by atoms with Gasteiger partial charge in [0.1, 0.15) is 0 Å². The maximum atomic E-state index is 11.4. The third-order valence-electron chi connectivity index (χ3n) is 1.78. The SMILES string of the molecule is CC(C)=Cc1cccc(C)c(=O)c1. The Morgan fingerprint density at radius 1 is 1.31 bits per heavy atom. The van der Waals surface area contributed by atoms with Crippen molar-refractivity contribution in [1.82, 2.24) is 0 Å². The van der Waals surface area contributed by atoms with Crippen LogP contribution in [-0.4, -0.2) is 0 Å². The Bertz CT molecular complexity index is 385. The molecule has 1 aromatic carbocycles. The van der Waals surface area contributed by atoms with Crippen LogP contribution < -0.4 is 5.43 Å². The van der Waals surface area contributed by atoms with Gasteiger partial charge in [0, 0.05) is 0 Å². The zero-order valence-electron chi connectivity index (χ0n) is 8.29. The molecule has 0 aromatic heterocycles. The molecule has 0 N–H and O–H groups in total. The largest absolute Gasteiger partial charge is 0.290 e. The highest BCUT2D eigenvalue weighted by Crippen LogP contribution is 2.02. The smallest absolute Gasteiger partial charge is 0.182 e. The Morgan fingerprint density at radius 3 is 2.62 bits per heavy atom. The molecule has 0 amide bonds. The van der Waals surface area contributed by atoms with Crippen LogP contribution in [0.15, 0.2) is 34.6 Å². The normalized spacial score (nSPS) is 9.46. The van der Waals surface area contributed by atoms with Crippen molar-refractivity contribution in [1.29, 1.82) is 0 Å². The van der Waals surface area contributed by atoms with Crippen LogP contribution in [0, 0.1) is 6.92 Å². The van der Waals surface area contributed by atoms with Gasteiger partial charge in [0.2, 0.25) is 0 Å². The van der Waals surface area contributed by atoms with E-state index in [2.05, 4.69) is 0 Å². The molecule has 0 saturated carbocycles. The van der Waals surface area contributed by atoms with Crippen LogP contribution >= 0.6 is 0 Å². The van der Waals surface area contributed by atoms with E-state index in [4.69, 9.17) is 0 Å². The topological polar surface area (TPSA) is 17.1 Å². The number of rotatable bonds is 1. The molecule has 1 rings (SSSR count). The first-order chi connectivity index (χ1) is 6.09. The zero-order chi connectivity index (χ0) is 9.84. The van der Waals surface area contributed by atoms with Crippen LogP contribution in [0.3, 0.4) is 0 Å². The molecule has 0 aliphatic carbocycles. The highest BCUT2D eigenvalue weighted by Gasteiger charge is 1.90. The summed E-state index contributed by atoms with van der Waals surface area (Å²) in [4.78, 5) is 11.4. The van der Waals surface area contributed by atoms with Gasteiger partial charge in [-0.1, -0.05) is 29.8 Å². The van der Waals surface area contributed by atoms with E-state index in [1.165, 1.54) is 5.57 Å². The molecule has 1 nitrogen and oxygen atoms in total. The Balaban J connectivity index is 3.30. The van der Waals surface area contributed by atoms with E-state index in [0.717, 1.165) is 11.1 Å². The number of allylic oxidation sites excluding steroid dienone is 1. The highest BCUT2D eigenvalue weighted by atomic mass is 16.1. The van der Waals surface area contributed by atoms with E-state index < -0.39 is 0 Å². The van der Waals surface area contributed by atoms with Gasteiger partial charge < -0.3 is 0 Å². The number of aryl methyl sites for hydroxylation is 1. The summed E-state index contributed by atoms with van der Waals surface area (Å²) in [7, 11) is 0. The molecule has 0 heterocycles. The maximum Gasteiger partial charge on any atom is 0.182 e. The van der Waals surface area contributed by atoms with E-state index in [1.54, 1.807) is 6.07 Å². The fourth-order valence-electron chi connectivity index (χ4n) is 1.12. The zero-order valence-corrected chi connectivity index (χ0v) is 8.29. The minimum Gasteiger partial charge on any atom is -0.290 e. The molecule has 68 valence electrons. The summed E-state index contributed by atoms with van der Waals surface area (Å²) in [6.07, 6.45) is 2.00. The minimum atomic E-state index is 0.0949. The van der Waals surface area contributed by atoms with Crippen molar-refractivity contribution in [3.63, 3.8) is 0 Å². The highest BCUT2D eigenvalue weighted by molar-refractivity contribution is 5.51. The monoisotopic (exact) mass is 174 g/mol. The lowest BCUT2D eigenvalue weighted by molar-refractivity contribution is 1.41. The molecule has 0 unspecified atom stereocenters. The summed E-state index contributed by atoms with van der Waals surface area (Å²) in [5, 5.41) is 0. The van der Waals surface area contributed by atoms with Gasteiger partial charge in [0.05, 0.1) is 0 Å². The quantitative estimate of drug-likeness (QED) is 0.639. The van der Waals surface area contributed by atoms with Gasteiger partial charge in [-0.3, -0.25) is 4.79 Å². The van der Waals surface area contributed by atoms with Crippen molar-refractivity contribution in [3.8, 4) is 0 Å². The summed E-state index contributed by atoms with van der Waals surface area (Å²) < 4.78 is 0. The molecular weight excluding hydrogens is 160 g/mol. The van der Waals surface area contributed by atoms with E-state index in [1.807, 2.05) is 45.0 Å². The van der Waals surface area contributed by atoms with Gasteiger partial charge >= 0.3 is 0 Å². The third-order valence-corrected chi connectivity index (χ3v) is 1.78. The third kappa shape index (κ3) is 2.86. The number of hydrogen-bond acceptors (Lipinski definition) is 1. The predicted molar refractivity (Wildman–Crippen MR) is 56.8 cm³/mol. The van der Waals surface area contributed by atoms with Crippen molar-refractivity contribution in [3.05, 3.63) is 51.2 Å². The minimum absolute atomic E-state index is 0.0949. The molecule has 0 saturated heterocycles. The van der Waals surface area contributed by atoms with Crippen molar-refractivity contribution in [2.75, 3.05) is 0 Å². The predicted octanol–water partition coefficient (Wildman–Crippen LogP) is 2.78. The molecule has 0 radical (unpaired) electrons. The number of hydrogen-bond donors (Lipinski definition) is 0. The molecule has 0 aliphatic heterocycles. The van der Waals surface area contributed by atoms with E-state index in [-0.39, 0.29) is 5.43 Å². The van der Waals surface area contributed by atoms with E-state index in [0.29, 0.717) is 0 Å². The molecule has 0 atom stereocenters. The summed E-state index contributed by atoms with van der Waals surface area (Å²) in [5.74, 6) is 0. The average Bonchev–Trinajstić information content (AvgIpc) is 2.14. The summed E-state index contributed by atoms with van der Waals surface area (Å²) >= 11 is 0. The Labute approximate surface area is 78.7 Å². The maximum absolute atomic E-state index is 11.4. The summed E-state index contributed by atoms with van der Waals surface area (Å²) in [6, 6.07) is 7.36. The lowest BCUT2D eigenvalue weighted by atomic mass is 10.2. The molecular formula is C12H14O. The standard InChI is InChI=1S/C12H14O/c1-9(2)7-11-6-4-5-10(3)12(13)8-11/h4-8H,1-3H3. The molecule has 0 fully saturated rings. The van der Waals surface area contributed by atoms with Crippen molar-refractivity contribution in [2.24, 2.45) is 0 Å². The van der Waals surface area contributed by atoms with E-state index in [9.17, 15) is 4.79 Å². The first-order valence-corrected chi connectivity index (χ1v) is 4.35. The molecule has 1 aromatic rings. The Hall–Kier alpha value is -1.37. The van der Waals surface area contributed by atoms with Crippen LogP contribution in [0.4, 0.5) is 0 Å². The van der Waals surface area contributed by atoms with Crippen molar-refractivity contribution in [2.45, 2.75) is 20.8 Å². The second-order valence-electron chi connectivity index (χ2n) is 3.44. The van der Waals surface area contributed by atoms with Crippen LogP contribution in [0.2, 0.25) is 0 Å². The van der Waals surface area contributed by atoms with Gasteiger partial charge in [0.15, 0.2) is 5.43 Å². The second kappa shape index (κ2) is 4.04. The lowest BCUT2D eigenvalue weighted by Gasteiger charge is -1.88. The fraction of sp³-hybridized carbons (Fsp3) is 0.250. The Kier molecular flexibility index (Phi) is 3.02. The van der Waals surface area contributed by atoms with Crippen LogP contribution in [0.1, 0.15) is 25.0 Å². The van der Waals surface area contributed by atoms with Gasteiger partial charge in [-0.05, 0) is 38.0 Å². The molecule has 0 bridgehead atoms. The average molecular weight is 174 g/mol. The summed E-state index contributed by atoms with van der Waals surface area (Å²) in [5.41, 5.74) is 3.05. The lowest BCUT2D eigenvalue weighted by Crippen LogP contribution is -1.98.